The van der Waals surface area contributed by atoms with Gasteiger partial charge in [-0.1, -0.05) is 19.1 Å². The predicted octanol–water partition coefficient (Wildman–Crippen LogP) is 2.50. The maximum absolute atomic E-state index is 6.51. The van der Waals surface area contributed by atoms with Gasteiger partial charge < -0.3 is 15.0 Å². The zero-order valence-corrected chi connectivity index (χ0v) is 13.3. The standard InChI is InChI=1S/C17H25N3O/c1-10-11(2)21-12(3)17(10)13(18)9-16-19-14-7-5-6-8-15(14)20(16)4/h5-8,10-13,17H,9,18H2,1-4H3. The van der Waals surface area contributed by atoms with Crippen LogP contribution in [0, 0.1) is 11.8 Å². The minimum atomic E-state index is 0.0791. The maximum Gasteiger partial charge on any atom is 0.111 e. The molecule has 0 spiro atoms. The lowest BCUT2D eigenvalue weighted by atomic mass is 9.82. The molecule has 0 saturated carbocycles. The van der Waals surface area contributed by atoms with Crippen molar-refractivity contribution in [3.63, 3.8) is 0 Å². The number of hydrogen-bond donors (Lipinski definition) is 1. The minimum absolute atomic E-state index is 0.0791. The van der Waals surface area contributed by atoms with E-state index < -0.39 is 0 Å². The van der Waals surface area contributed by atoms with E-state index in [0.717, 1.165) is 23.3 Å². The van der Waals surface area contributed by atoms with E-state index in [-0.39, 0.29) is 18.2 Å². The molecule has 0 aliphatic carbocycles. The van der Waals surface area contributed by atoms with Gasteiger partial charge in [0.25, 0.3) is 0 Å². The second-order valence-electron chi connectivity index (χ2n) is 6.43. The second kappa shape index (κ2) is 5.43. The second-order valence-corrected chi connectivity index (χ2v) is 6.43. The van der Waals surface area contributed by atoms with Crippen molar-refractivity contribution in [2.75, 3.05) is 0 Å². The molecule has 114 valence electrons. The molecule has 5 atom stereocenters. The van der Waals surface area contributed by atoms with E-state index in [0.29, 0.717) is 11.8 Å². The van der Waals surface area contributed by atoms with E-state index in [1.54, 1.807) is 0 Å². The maximum atomic E-state index is 6.51. The average molecular weight is 287 g/mol. The molecule has 4 heteroatoms. The average Bonchev–Trinajstić information content (AvgIpc) is 2.88. The van der Waals surface area contributed by atoms with Crippen molar-refractivity contribution in [3.05, 3.63) is 30.1 Å². The molecule has 5 unspecified atom stereocenters. The molecule has 1 aromatic heterocycles. The quantitative estimate of drug-likeness (QED) is 0.943. The van der Waals surface area contributed by atoms with Crippen molar-refractivity contribution in [1.82, 2.24) is 9.55 Å². The third kappa shape index (κ3) is 2.47. The van der Waals surface area contributed by atoms with Gasteiger partial charge in [-0.15, -0.1) is 0 Å². The molecule has 3 rings (SSSR count). The Labute approximate surface area is 126 Å². The number of imidazole rings is 1. The van der Waals surface area contributed by atoms with Crippen LogP contribution in [0.25, 0.3) is 11.0 Å². The van der Waals surface area contributed by atoms with Crippen molar-refractivity contribution in [2.45, 2.75) is 45.4 Å². The topological polar surface area (TPSA) is 53.1 Å². The summed E-state index contributed by atoms with van der Waals surface area (Å²) < 4.78 is 8.08. The van der Waals surface area contributed by atoms with Gasteiger partial charge in [0.05, 0.1) is 23.2 Å². The molecule has 0 bridgehead atoms. The Balaban J connectivity index is 1.83. The lowest BCUT2D eigenvalue weighted by Crippen LogP contribution is -2.39. The number of para-hydroxylation sites is 2. The number of fused-ring (bicyclic) bond motifs is 1. The van der Waals surface area contributed by atoms with Gasteiger partial charge in [-0.05, 0) is 31.9 Å². The molecule has 1 fully saturated rings. The molecule has 0 radical (unpaired) electrons. The van der Waals surface area contributed by atoms with Crippen LogP contribution in [0.1, 0.15) is 26.6 Å². The molecule has 2 N–H and O–H groups in total. The van der Waals surface area contributed by atoms with Crippen LogP contribution >= 0.6 is 0 Å². The van der Waals surface area contributed by atoms with Crippen molar-refractivity contribution in [2.24, 2.45) is 24.6 Å². The Hall–Kier alpha value is -1.39. The summed E-state index contributed by atoms with van der Waals surface area (Å²) in [6.07, 6.45) is 1.30. The molecule has 1 aliphatic heterocycles. The Morgan fingerprint density at radius 1 is 1.24 bits per heavy atom. The van der Waals surface area contributed by atoms with Gasteiger partial charge in [-0.3, -0.25) is 0 Å². The van der Waals surface area contributed by atoms with Gasteiger partial charge in [-0.2, -0.15) is 0 Å². The number of nitrogens with zero attached hydrogens (tertiary/aromatic N) is 2. The smallest absolute Gasteiger partial charge is 0.111 e. The zero-order chi connectivity index (χ0) is 15.1. The zero-order valence-electron chi connectivity index (χ0n) is 13.3. The summed E-state index contributed by atoms with van der Waals surface area (Å²) in [6.45, 7) is 6.52. The van der Waals surface area contributed by atoms with E-state index in [1.807, 2.05) is 12.1 Å². The van der Waals surface area contributed by atoms with Crippen LogP contribution in [0.3, 0.4) is 0 Å². The van der Waals surface area contributed by atoms with Gasteiger partial charge in [-0.25, -0.2) is 4.98 Å². The third-order valence-electron chi connectivity index (χ3n) is 5.11. The molecular weight excluding hydrogens is 262 g/mol. The molecule has 0 amide bonds. The van der Waals surface area contributed by atoms with Crippen LogP contribution in [0.5, 0.6) is 0 Å². The van der Waals surface area contributed by atoms with Crippen LogP contribution in [0.2, 0.25) is 0 Å². The largest absolute Gasteiger partial charge is 0.375 e. The van der Waals surface area contributed by atoms with Crippen molar-refractivity contribution in [1.29, 1.82) is 0 Å². The highest BCUT2D eigenvalue weighted by Crippen LogP contribution is 2.34. The molecule has 21 heavy (non-hydrogen) atoms. The molecule has 2 heterocycles. The van der Waals surface area contributed by atoms with Crippen LogP contribution in [0.4, 0.5) is 0 Å². The number of nitrogens with two attached hydrogens (primary N) is 1. The normalized spacial score (nSPS) is 30.9. The van der Waals surface area contributed by atoms with E-state index >= 15 is 0 Å². The van der Waals surface area contributed by atoms with Crippen LogP contribution < -0.4 is 5.73 Å². The molecule has 1 aromatic carbocycles. The van der Waals surface area contributed by atoms with Crippen molar-refractivity contribution in [3.8, 4) is 0 Å². The summed E-state index contributed by atoms with van der Waals surface area (Å²) in [5.41, 5.74) is 8.72. The minimum Gasteiger partial charge on any atom is -0.375 e. The Bertz CT molecular complexity index is 636. The van der Waals surface area contributed by atoms with Crippen LogP contribution in [-0.4, -0.2) is 27.8 Å². The SMILES string of the molecule is CC1OC(C)C(C(N)Cc2nc3ccccc3n2C)C1C. The van der Waals surface area contributed by atoms with Crippen LogP contribution in [0.15, 0.2) is 24.3 Å². The number of ether oxygens (including phenoxy) is 1. The summed E-state index contributed by atoms with van der Waals surface area (Å²) in [7, 11) is 2.07. The van der Waals surface area contributed by atoms with Crippen molar-refractivity contribution < 1.29 is 4.74 Å². The fourth-order valence-electron chi connectivity index (χ4n) is 3.76. The predicted molar refractivity (Wildman–Crippen MR) is 85.1 cm³/mol. The monoisotopic (exact) mass is 287 g/mol. The van der Waals surface area contributed by atoms with Gasteiger partial charge in [0.1, 0.15) is 5.82 Å². The molecule has 4 nitrogen and oxygen atoms in total. The Kier molecular flexibility index (Phi) is 3.76. The van der Waals surface area contributed by atoms with Gasteiger partial charge in [0.2, 0.25) is 0 Å². The first-order valence-electron chi connectivity index (χ1n) is 7.80. The van der Waals surface area contributed by atoms with Gasteiger partial charge in [0, 0.05) is 25.4 Å². The first kappa shape index (κ1) is 14.5. The molecular formula is C17H25N3O. The molecule has 2 aromatic rings. The van der Waals surface area contributed by atoms with E-state index in [4.69, 9.17) is 15.5 Å². The summed E-state index contributed by atoms with van der Waals surface area (Å²) in [5, 5.41) is 0. The number of hydrogen-bond acceptors (Lipinski definition) is 3. The molecule has 1 aliphatic rings. The highest BCUT2D eigenvalue weighted by molar-refractivity contribution is 5.75. The Morgan fingerprint density at radius 3 is 2.57 bits per heavy atom. The lowest BCUT2D eigenvalue weighted by molar-refractivity contribution is 0.0489. The number of benzene rings is 1. The summed E-state index contributed by atoms with van der Waals surface area (Å²) >= 11 is 0. The van der Waals surface area contributed by atoms with E-state index in [2.05, 4.69) is 44.5 Å². The van der Waals surface area contributed by atoms with Crippen molar-refractivity contribution >= 4 is 11.0 Å². The fourth-order valence-corrected chi connectivity index (χ4v) is 3.76. The van der Waals surface area contributed by atoms with E-state index in [1.165, 1.54) is 0 Å². The Morgan fingerprint density at radius 2 is 1.95 bits per heavy atom. The number of rotatable bonds is 3. The summed E-state index contributed by atoms with van der Waals surface area (Å²) in [5.74, 6) is 1.94. The van der Waals surface area contributed by atoms with E-state index in [9.17, 15) is 0 Å². The third-order valence-corrected chi connectivity index (χ3v) is 5.11. The highest BCUT2D eigenvalue weighted by Gasteiger charge is 2.40. The summed E-state index contributed by atoms with van der Waals surface area (Å²) in [4.78, 5) is 4.73. The van der Waals surface area contributed by atoms with Gasteiger partial charge >= 0.3 is 0 Å². The number of aryl methyl sites for hydroxylation is 1. The summed E-state index contributed by atoms with van der Waals surface area (Å²) in [6, 6.07) is 8.30. The lowest BCUT2D eigenvalue weighted by Gasteiger charge is -2.25. The highest BCUT2D eigenvalue weighted by atomic mass is 16.5. The van der Waals surface area contributed by atoms with Crippen LogP contribution in [-0.2, 0) is 18.2 Å². The first-order valence-corrected chi connectivity index (χ1v) is 7.80. The number of aromatic nitrogens is 2. The molecule has 1 saturated heterocycles. The fraction of sp³-hybridized carbons (Fsp3) is 0.588. The first-order chi connectivity index (χ1) is 9.99. The van der Waals surface area contributed by atoms with Gasteiger partial charge in [0.15, 0.2) is 0 Å².